The first-order chi connectivity index (χ1) is 14.0. The Kier molecular flexibility index (Phi) is 5.24. The van der Waals surface area contributed by atoms with Gasteiger partial charge in [0.15, 0.2) is 0 Å². The second-order valence-corrected chi connectivity index (χ2v) is 7.84. The molecule has 1 atom stereocenters. The number of nitrogens with one attached hydrogen (secondary N) is 1. The number of carbonyl (C=O) groups is 1. The van der Waals surface area contributed by atoms with E-state index in [4.69, 9.17) is 21.3 Å². The molecule has 0 aliphatic carbocycles. The molecule has 0 radical (unpaired) electrons. The van der Waals surface area contributed by atoms with Crippen LogP contribution in [0.5, 0.6) is 0 Å². The summed E-state index contributed by atoms with van der Waals surface area (Å²) in [5, 5.41) is 1.77. The van der Waals surface area contributed by atoms with Gasteiger partial charge in [-0.05, 0) is 56.2 Å². The van der Waals surface area contributed by atoms with E-state index in [1.54, 1.807) is 19.2 Å². The van der Waals surface area contributed by atoms with Gasteiger partial charge in [-0.3, -0.25) is 9.98 Å². The van der Waals surface area contributed by atoms with Gasteiger partial charge >= 0.3 is 5.97 Å². The maximum Gasteiger partial charge on any atom is 0.356 e. The molecule has 1 aliphatic heterocycles. The molecule has 1 unspecified atom stereocenters. The van der Waals surface area contributed by atoms with E-state index in [9.17, 15) is 4.79 Å². The van der Waals surface area contributed by atoms with Gasteiger partial charge in [0, 0.05) is 40.3 Å². The number of carbonyl (C=O) groups excluding carboxylic acids is 1. The quantitative estimate of drug-likeness (QED) is 0.595. The molecule has 2 aromatic heterocycles. The Morgan fingerprint density at radius 3 is 2.97 bits per heavy atom. The van der Waals surface area contributed by atoms with Crippen LogP contribution in [-0.4, -0.2) is 33.8 Å². The average Bonchev–Trinajstić information content (AvgIpc) is 3.05. The van der Waals surface area contributed by atoms with Crippen LogP contribution in [0.1, 0.15) is 25.8 Å². The molecule has 0 fully saturated rings. The number of fused-ring (bicyclic) bond motifs is 1. The van der Waals surface area contributed by atoms with Crippen LogP contribution < -0.4 is 0 Å². The van der Waals surface area contributed by atoms with Crippen molar-refractivity contribution < 1.29 is 9.53 Å². The minimum atomic E-state index is -0.456. The lowest BCUT2D eigenvalue weighted by Crippen LogP contribution is -2.31. The number of aromatic nitrogens is 2. The van der Waals surface area contributed by atoms with Gasteiger partial charge in [-0.25, -0.2) is 4.79 Å². The van der Waals surface area contributed by atoms with Crippen molar-refractivity contribution in [3.8, 4) is 11.3 Å². The number of ether oxygens (including phenoxy) is 1. The molecule has 5 nitrogen and oxygen atoms in total. The summed E-state index contributed by atoms with van der Waals surface area (Å²) < 4.78 is 5.14. The topological polar surface area (TPSA) is 67.3 Å². The number of aromatic amines is 1. The second-order valence-electron chi connectivity index (χ2n) is 7.41. The number of pyridine rings is 1. The van der Waals surface area contributed by atoms with Crippen molar-refractivity contribution in [2.45, 2.75) is 32.2 Å². The van der Waals surface area contributed by atoms with Crippen molar-refractivity contribution in [3.05, 3.63) is 65.5 Å². The van der Waals surface area contributed by atoms with Crippen LogP contribution in [0.4, 0.5) is 0 Å². The standard InChI is InChI=1S/C23H22ClN3O2/c1-3-29-22(28)19-7-4-10-23(2,27-19)13-18-17-9-8-16(24)12-20(17)26-21(18)15-6-5-11-25-14-15/h4-9,11-12,14,26H,3,10,13H2,1-2H3. The van der Waals surface area contributed by atoms with E-state index >= 15 is 0 Å². The van der Waals surface area contributed by atoms with Crippen LogP contribution in [-0.2, 0) is 16.0 Å². The highest BCUT2D eigenvalue weighted by atomic mass is 35.5. The fourth-order valence-corrected chi connectivity index (χ4v) is 3.95. The Balaban J connectivity index is 1.79. The van der Waals surface area contributed by atoms with Crippen LogP contribution in [0.3, 0.4) is 0 Å². The van der Waals surface area contributed by atoms with Gasteiger partial charge in [-0.1, -0.05) is 23.7 Å². The van der Waals surface area contributed by atoms with Gasteiger partial charge in [0.1, 0.15) is 5.71 Å². The predicted molar refractivity (Wildman–Crippen MR) is 116 cm³/mol. The predicted octanol–water partition coefficient (Wildman–Crippen LogP) is 5.15. The number of aliphatic imine (C=N–C) groups is 1. The maximum absolute atomic E-state index is 12.2. The van der Waals surface area contributed by atoms with Crippen LogP contribution in [0.15, 0.2) is 59.9 Å². The summed E-state index contributed by atoms with van der Waals surface area (Å²) in [5.41, 5.74) is 4.01. The zero-order valence-electron chi connectivity index (χ0n) is 16.4. The molecule has 0 amide bonds. The zero-order valence-corrected chi connectivity index (χ0v) is 17.2. The average molecular weight is 408 g/mol. The van der Waals surface area contributed by atoms with Crippen molar-refractivity contribution >= 4 is 34.2 Å². The first kappa shape index (κ1) is 19.4. The first-order valence-electron chi connectivity index (χ1n) is 9.63. The fraction of sp³-hybridized carbons (Fsp3) is 0.261. The van der Waals surface area contributed by atoms with Gasteiger partial charge in [0.2, 0.25) is 0 Å². The fourth-order valence-electron chi connectivity index (χ4n) is 3.78. The van der Waals surface area contributed by atoms with Crippen molar-refractivity contribution in [1.82, 2.24) is 9.97 Å². The van der Waals surface area contributed by atoms with E-state index in [1.807, 2.05) is 42.6 Å². The zero-order chi connectivity index (χ0) is 20.4. The molecule has 1 aliphatic rings. The second kappa shape index (κ2) is 7.84. The van der Waals surface area contributed by atoms with Gasteiger partial charge < -0.3 is 9.72 Å². The molecular weight excluding hydrogens is 386 g/mol. The van der Waals surface area contributed by atoms with Crippen molar-refractivity contribution in [1.29, 1.82) is 0 Å². The molecule has 1 N–H and O–H groups in total. The number of halogens is 1. The Hall–Kier alpha value is -2.92. The van der Waals surface area contributed by atoms with Crippen LogP contribution >= 0.6 is 11.6 Å². The first-order valence-corrected chi connectivity index (χ1v) is 10.0. The van der Waals surface area contributed by atoms with E-state index < -0.39 is 5.54 Å². The Labute approximate surface area is 174 Å². The number of H-pyrrole nitrogens is 1. The number of benzene rings is 1. The van der Waals surface area contributed by atoms with Gasteiger partial charge in [0.25, 0.3) is 0 Å². The van der Waals surface area contributed by atoms with Crippen LogP contribution in [0.2, 0.25) is 5.02 Å². The number of rotatable bonds is 5. The summed E-state index contributed by atoms with van der Waals surface area (Å²) in [7, 11) is 0. The molecule has 0 bridgehead atoms. The molecule has 3 heterocycles. The summed E-state index contributed by atoms with van der Waals surface area (Å²) in [6.07, 6.45) is 8.73. The summed E-state index contributed by atoms with van der Waals surface area (Å²) >= 11 is 6.21. The van der Waals surface area contributed by atoms with Crippen molar-refractivity contribution in [2.75, 3.05) is 6.61 Å². The molecule has 3 aromatic rings. The smallest absolute Gasteiger partial charge is 0.356 e. The monoisotopic (exact) mass is 407 g/mol. The van der Waals surface area contributed by atoms with E-state index in [1.165, 1.54) is 0 Å². The largest absolute Gasteiger partial charge is 0.461 e. The third-order valence-electron chi connectivity index (χ3n) is 5.08. The van der Waals surface area contributed by atoms with Gasteiger partial charge in [-0.15, -0.1) is 0 Å². The lowest BCUT2D eigenvalue weighted by molar-refractivity contribution is -0.135. The lowest BCUT2D eigenvalue weighted by atomic mass is 9.86. The Bertz CT molecular complexity index is 1120. The number of nitrogens with zero attached hydrogens (tertiary/aromatic N) is 2. The summed E-state index contributed by atoms with van der Waals surface area (Å²) in [6, 6.07) is 9.79. The molecule has 0 spiro atoms. The number of esters is 1. The van der Waals surface area contributed by atoms with Gasteiger partial charge in [-0.2, -0.15) is 0 Å². The van der Waals surface area contributed by atoms with E-state index in [0.717, 1.165) is 34.1 Å². The maximum atomic E-state index is 12.2. The van der Waals surface area contributed by atoms with Gasteiger partial charge in [0.05, 0.1) is 17.8 Å². The third kappa shape index (κ3) is 3.96. The number of dihydropyridines is 1. The molecule has 148 valence electrons. The molecular formula is C23H22ClN3O2. The molecule has 1 aromatic carbocycles. The SMILES string of the molecule is CCOC(=O)C1=NC(C)(Cc2c(-c3cccnc3)[nH]c3cc(Cl)ccc23)CC=C1. The van der Waals surface area contributed by atoms with Crippen molar-refractivity contribution in [3.63, 3.8) is 0 Å². The highest BCUT2D eigenvalue weighted by molar-refractivity contribution is 6.41. The van der Waals surface area contributed by atoms with E-state index in [0.29, 0.717) is 23.8 Å². The minimum absolute atomic E-state index is 0.330. The van der Waals surface area contributed by atoms with E-state index in [-0.39, 0.29) is 5.97 Å². The van der Waals surface area contributed by atoms with Crippen molar-refractivity contribution in [2.24, 2.45) is 4.99 Å². The van der Waals surface area contributed by atoms with Crippen LogP contribution in [0, 0.1) is 0 Å². The highest BCUT2D eigenvalue weighted by Crippen LogP contribution is 2.36. The molecule has 29 heavy (non-hydrogen) atoms. The molecule has 4 rings (SSSR count). The third-order valence-corrected chi connectivity index (χ3v) is 5.32. The summed E-state index contributed by atoms with van der Waals surface area (Å²) in [6.45, 7) is 4.19. The van der Waals surface area contributed by atoms with E-state index in [2.05, 4.69) is 16.9 Å². The Morgan fingerprint density at radius 2 is 2.21 bits per heavy atom. The molecule has 6 heteroatoms. The minimum Gasteiger partial charge on any atom is -0.461 e. The highest BCUT2D eigenvalue weighted by Gasteiger charge is 2.30. The molecule has 0 saturated carbocycles. The molecule has 0 saturated heterocycles. The normalized spacial score (nSPS) is 18.7. The van der Waals surface area contributed by atoms with Crippen LogP contribution in [0.25, 0.3) is 22.2 Å². The lowest BCUT2D eigenvalue weighted by Gasteiger charge is -2.27. The number of hydrogen-bond acceptors (Lipinski definition) is 4. The summed E-state index contributed by atoms with van der Waals surface area (Å²) in [5.74, 6) is -0.382. The summed E-state index contributed by atoms with van der Waals surface area (Å²) in [4.78, 5) is 24.7. The Morgan fingerprint density at radius 1 is 1.34 bits per heavy atom. The number of hydrogen-bond donors (Lipinski definition) is 1.